The van der Waals surface area contributed by atoms with Gasteiger partial charge in [-0.3, -0.25) is 4.79 Å². The summed E-state index contributed by atoms with van der Waals surface area (Å²) in [6.07, 6.45) is 0. The van der Waals surface area contributed by atoms with Gasteiger partial charge in [0.25, 0.3) is 0 Å². The number of nitrogens with two attached hydrogens (primary N) is 1. The molecule has 0 unspecified atom stereocenters. The highest BCUT2D eigenvalue weighted by Gasteiger charge is 2.11. The second-order valence-corrected chi connectivity index (χ2v) is 5.27. The van der Waals surface area contributed by atoms with Crippen LogP contribution in [0.3, 0.4) is 0 Å². The molecule has 0 saturated heterocycles. The highest BCUT2D eigenvalue weighted by molar-refractivity contribution is 8.00. The fourth-order valence-corrected chi connectivity index (χ4v) is 2.41. The molecule has 2 N–H and O–H groups in total. The van der Waals surface area contributed by atoms with E-state index in [1.165, 1.54) is 11.8 Å². The molecule has 0 aliphatic carbocycles. The smallest absolute Gasteiger partial charge is 0.233 e. The number of benzene rings is 1. The lowest BCUT2D eigenvalue weighted by Gasteiger charge is -2.20. The molecule has 3 nitrogen and oxygen atoms in total. The van der Waals surface area contributed by atoms with Crippen LogP contribution in [-0.2, 0) is 4.79 Å². The Balaban J connectivity index is 2.51. The van der Waals surface area contributed by atoms with Crippen LogP contribution in [0.4, 0.5) is 5.69 Å². The Morgan fingerprint density at radius 1 is 1.50 bits per heavy atom. The molecule has 1 aromatic rings. The molecule has 1 aromatic carbocycles. The molecule has 0 heterocycles. The number of hydrogen-bond acceptors (Lipinski definition) is 3. The van der Waals surface area contributed by atoms with E-state index < -0.39 is 0 Å². The molecular weight excluding hydrogens is 244 g/mol. The van der Waals surface area contributed by atoms with Crippen LogP contribution in [0.1, 0.15) is 13.8 Å². The molecule has 1 rings (SSSR count). The standard InChI is InChI=1S/C14H20N2OS/c1-4-16(9-11(2)3)14(17)10-18-13-7-5-6-12(15)8-13/h5-8H,2,4,9-10,15H2,1,3H3. The molecule has 0 aliphatic rings. The lowest BCUT2D eigenvalue weighted by Crippen LogP contribution is -2.33. The fraction of sp³-hybridized carbons (Fsp3) is 0.357. The van der Waals surface area contributed by atoms with Gasteiger partial charge in [0.1, 0.15) is 0 Å². The molecule has 0 spiro atoms. The number of nitrogen functional groups attached to an aromatic ring is 1. The van der Waals surface area contributed by atoms with Crippen molar-refractivity contribution in [1.29, 1.82) is 0 Å². The summed E-state index contributed by atoms with van der Waals surface area (Å²) in [4.78, 5) is 14.8. The summed E-state index contributed by atoms with van der Waals surface area (Å²) in [7, 11) is 0. The van der Waals surface area contributed by atoms with Crippen molar-refractivity contribution in [1.82, 2.24) is 4.90 Å². The lowest BCUT2D eigenvalue weighted by atomic mass is 10.3. The second kappa shape index (κ2) is 7.11. The maximum Gasteiger partial charge on any atom is 0.233 e. The summed E-state index contributed by atoms with van der Waals surface area (Å²) in [6, 6.07) is 7.58. The second-order valence-electron chi connectivity index (χ2n) is 4.23. The van der Waals surface area contributed by atoms with Crippen molar-refractivity contribution in [2.45, 2.75) is 18.7 Å². The molecule has 18 heavy (non-hydrogen) atoms. The van der Waals surface area contributed by atoms with Gasteiger partial charge in [-0.05, 0) is 32.0 Å². The van der Waals surface area contributed by atoms with Gasteiger partial charge in [-0.1, -0.05) is 18.2 Å². The molecular formula is C14H20N2OS. The SMILES string of the molecule is C=C(C)CN(CC)C(=O)CSc1cccc(N)c1. The lowest BCUT2D eigenvalue weighted by molar-refractivity contribution is -0.127. The fourth-order valence-electron chi connectivity index (χ4n) is 1.54. The van der Waals surface area contributed by atoms with Crippen LogP contribution in [0.15, 0.2) is 41.3 Å². The van der Waals surface area contributed by atoms with Crippen molar-refractivity contribution < 1.29 is 4.79 Å². The van der Waals surface area contributed by atoms with Gasteiger partial charge in [0.15, 0.2) is 0 Å². The molecule has 0 aliphatic heterocycles. The van der Waals surface area contributed by atoms with E-state index in [1.807, 2.05) is 43.0 Å². The first-order chi connectivity index (χ1) is 8.52. The minimum Gasteiger partial charge on any atom is -0.399 e. The molecule has 98 valence electrons. The van der Waals surface area contributed by atoms with Gasteiger partial charge in [0.2, 0.25) is 5.91 Å². The number of likely N-dealkylation sites (N-methyl/N-ethyl adjacent to an activating group) is 1. The van der Waals surface area contributed by atoms with E-state index in [2.05, 4.69) is 6.58 Å². The predicted octanol–water partition coefficient (Wildman–Crippen LogP) is 2.79. The van der Waals surface area contributed by atoms with Crippen molar-refractivity contribution in [2.24, 2.45) is 0 Å². The average molecular weight is 264 g/mol. The molecule has 0 bridgehead atoms. The van der Waals surface area contributed by atoms with Crippen molar-refractivity contribution >= 4 is 23.4 Å². The number of carbonyl (C=O) groups excluding carboxylic acids is 1. The van der Waals surface area contributed by atoms with E-state index in [1.54, 1.807) is 0 Å². The van der Waals surface area contributed by atoms with Crippen molar-refractivity contribution in [3.63, 3.8) is 0 Å². The molecule has 0 radical (unpaired) electrons. The monoisotopic (exact) mass is 264 g/mol. The van der Waals surface area contributed by atoms with Gasteiger partial charge in [0, 0.05) is 23.7 Å². The Morgan fingerprint density at radius 2 is 2.22 bits per heavy atom. The minimum absolute atomic E-state index is 0.132. The van der Waals surface area contributed by atoms with Gasteiger partial charge in [0.05, 0.1) is 5.75 Å². The molecule has 0 aromatic heterocycles. The van der Waals surface area contributed by atoms with E-state index in [4.69, 9.17) is 5.73 Å². The molecule has 1 amide bonds. The first-order valence-corrected chi connectivity index (χ1v) is 6.92. The Hall–Kier alpha value is -1.42. The van der Waals surface area contributed by atoms with E-state index in [0.29, 0.717) is 18.8 Å². The Bertz CT molecular complexity index is 432. The van der Waals surface area contributed by atoms with Crippen LogP contribution >= 0.6 is 11.8 Å². The maximum absolute atomic E-state index is 12.0. The largest absolute Gasteiger partial charge is 0.399 e. The summed E-state index contributed by atoms with van der Waals surface area (Å²) in [5.74, 6) is 0.567. The summed E-state index contributed by atoms with van der Waals surface area (Å²) in [5.41, 5.74) is 7.42. The number of hydrogen-bond donors (Lipinski definition) is 1. The van der Waals surface area contributed by atoms with Crippen LogP contribution in [0, 0.1) is 0 Å². The number of nitrogens with zero attached hydrogens (tertiary/aromatic N) is 1. The van der Waals surface area contributed by atoms with Crippen LogP contribution in [0.25, 0.3) is 0 Å². The zero-order valence-electron chi connectivity index (χ0n) is 11.0. The van der Waals surface area contributed by atoms with Crippen LogP contribution < -0.4 is 5.73 Å². The third-order valence-electron chi connectivity index (χ3n) is 2.42. The molecule has 4 heteroatoms. The van der Waals surface area contributed by atoms with Crippen molar-refractivity contribution in [3.8, 4) is 0 Å². The Labute approximate surface area is 113 Å². The van der Waals surface area contributed by atoms with E-state index in [0.717, 1.165) is 16.2 Å². The average Bonchev–Trinajstić information content (AvgIpc) is 2.33. The van der Waals surface area contributed by atoms with Crippen LogP contribution in [-0.4, -0.2) is 29.6 Å². The number of anilines is 1. The maximum atomic E-state index is 12.0. The zero-order chi connectivity index (χ0) is 13.5. The third kappa shape index (κ3) is 4.84. The first kappa shape index (κ1) is 14.6. The summed E-state index contributed by atoms with van der Waals surface area (Å²) in [5, 5.41) is 0. The van der Waals surface area contributed by atoms with E-state index in [9.17, 15) is 4.79 Å². The Morgan fingerprint density at radius 3 is 2.78 bits per heavy atom. The molecule has 0 fully saturated rings. The van der Waals surface area contributed by atoms with Crippen LogP contribution in [0.5, 0.6) is 0 Å². The predicted molar refractivity (Wildman–Crippen MR) is 78.6 cm³/mol. The van der Waals surface area contributed by atoms with E-state index in [-0.39, 0.29) is 5.91 Å². The number of carbonyl (C=O) groups is 1. The quantitative estimate of drug-likeness (QED) is 0.488. The minimum atomic E-state index is 0.132. The molecule has 0 atom stereocenters. The van der Waals surface area contributed by atoms with Crippen LogP contribution in [0.2, 0.25) is 0 Å². The topological polar surface area (TPSA) is 46.3 Å². The van der Waals surface area contributed by atoms with Gasteiger partial charge < -0.3 is 10.6 Å². The summed E-state index contributed by atoms with van der Waals surface area (Å²) >= 11 is 1.51. The number of rotatable bonds is 6. The first-order valence-electron chi connectivity index (χ1n) is 5.93. The number of thioether (sulfide) groups is 1. The third-order valence-corrected chi connectivity index (χ3v) is 3.39. The highest BCUT2D eigenvalue weighted by Crippen LogP contribution is 2.20. The zero-order valence-corrected chi connectivity index (χ0v) is 11.8. The van der Waals surface area contributed by atoms with Gasteiger partial charge >= 0.3 is 0 Å². The van der Waals surface area contributed by atoms with Gasteiger partial charge in [-0.25, -0.2) is 0 Å². The normalized spacial score (nSPS) is 10.1. The van der Waals surface area contributed by atoms with Crippen molar-refractivity contribution in [3.05, 3.63) is 36.4 Å². The highest BCUT2D eigenvalue weighted by atomic mass is 32.2. The summed E-state index contributed by atoms with van der Waals surface area (Å²) < 4.78 is 0. The number of amides is 1. The molecule has 0 saturated carbocycles. The van der Waals surface area contributed by atoms with Gasteiger partial charge in [-0.15, -0.1) is 11.8 Å². The van der Waals surface area contributed by atoms with E-state index >= 15 is 0 Å². The summed E-state index contributed by atoms with van der Waals surface area (Å²) in [6.45, 7) is 9.09. The van der Waals surface area contributed by atoms with Gasteiger partial charge in [-0.2, -0.15) is 0 Å². The van der Waals surface area contributed by atoms with Crippen molar-refractivity contribution in [2.75, 3.05) is 24.6 Å². The Kier molecular flexibility index (Phi) is 5.78.